The highest BCUT2D eigenvalue weighted by Gasteiger charge is 2.16. The Balaban J connectivity index is 2.60. The first-order valence-corrected chi connectivity index (χ1v) is 5.20. The summed E-state index contributed by atoms with van der Waals surface area (Å²) in [5.74, 6) is -0.654. The summed E-state index contributed by atoms with van der Waals surface area (Å²) in [6.07, 6.45) is 4.57. The van der Waals surface area contributed by atoms with Crippen LogP contribution in [-0.2, 0) is 6.42 Å². The number of nitrogens with two attached hydrogens (primary N) is 1. The van der Waals surface area contributed by atoms with E-state index in [2.05, 4.69) is 20.1 Å². The van der Waals surface area contributed by atoms with Crippen LogP contribution in [0.15, 0.2) is 23.9 Å². The fourth-order valence-corrected chi connectivity index (χ4v) is 1.52. The highest BCUT2D eigenvalue weighted by atomic mass is 19.1. The van der Waals surface area contributed by atoms with E-state index in [0.29, 0.717) is 12.1 Å². The molecule has 0 aromatic carbocycles. The van der Waals surface area contributed by atoms with Gasteiger partial charge in [-0.1, -0.05) is 12.1 Å². The zero-order valence-corrected chi connectivity index (χ0v) is 9.58. The molecular weight excluding hydrogens is 239 g/mol. The summed E-state index contributed by atoms with van der Waals surface area (Å²) in [4.78, 5) is 11.6. The maximum atomic E-state index is 14.1. The monoisotopic (exact) mass is 250 g/mol. The van der Waals surface area contributed by atoms with Crippen LogP contribution in [0, 0.1) is 5.82 Å². The Kier molecular flexibility index (Phi) is 3.18. The molecule has 0 radical (unpaired) electrons. The fourth-order valence-electron chi connectivity index (χ4n) is 1.52. The molecule has 0 aliphatic heterocycles. The van der Waals surface area contributed by atoms with Gasteiger partial charge in [0.25, 0.3) is 0 Å². The van der Waals surface area contributed by atoms with E-state index in [9.17, 15) is 4.39 Å². The molecule has 2 aromatic rings. The number of amidine groups is 1. The van der Waals surface area contributed by atoms with E-state index in [4.69, 9.17) is 10.9 Å². The third kappa shape index (κ3) is 1.88. The second-order valence-corrected chi connectivity index (χ2v) is 3.42. The Hall–Kier alpha value is -2.51. The second kappa shape index (κ2) is 4.78. The molecule has 18 heavy (non-hydrogen) atoms. The van der Waals surface area contributed by atoms with E-state index in [1.807, 2.05) is 0 Å². The van der Waals surface area contributed by atoms with Crippen LogP contribution in [0.3, 0.4) is 0 Å². The number of rotatable bonds is 3. The SMILES string of the molecule is CCc1ncnc(-n2ccnc2/C(N)=N/O)c1F. The number of oxime groups is 1. The number of hydrogen-bond acceptors (Lipinski definition) is 5. The lowest BCUT2D eigenvalue weighted by Gasteiger charge is -2.08. The van der Waals surface area contributed by atoms with Gasteiger partial charge in [-0.05, 0) is 6.42 Å². The molecule has 0 fully saturated rings. The molecule has 0 unspecified atom stereocenters. The van der Waals surface area contributed by atoms with E-state index in [-0.39, 0.29) is 17.5 Å². The van der Waals surface area contributed by atoms with Gasteiger partial charge in [-0.2, -0.15) is 0 Å². The fraction of sp³-hybridized carbons (Fsp3) is 0.200. The molecule has 2 heterocycles. The smallest absolute Gasteiger partial charge is 0.206 e. The van der Waals surface area contributed by atoms with E-state index in [1.165, 1.54) is 23.3 Å². The van der Waals surface area contributed by atoms with Gasteiger partial charge in [-0.25, -0.2) is 19.3 Å². The number of hydrogen-bond donors (Lipinski definition) is 2. The Morgan fingerprint density at radius 3 is 2.94 bits per heavy atom. The summed E-state index contributed by atoms with van der Waals surface area (Å²) < 4.78 is 15.4. The van der Waals surface area contributed by atoms with Gasteiger partial charge >= 0.3 is 0 Å². The highest BCUT2D eigenvalue weighted by Crippen LogP contribution is 2.14. The topological polar surface area (TPSA) is 102 Å². The molecule has 0 aliphatic carbocycles. The summed E-state index contributed by atoms with van der Waals surface area (Å²) in [7, 11) is 0. The van der Waals surface area contributed by atoms with Gasteiger partial charge in [0.1, 0.15) is 6.33 Å². The van der Waals surface area contributed by atoms with E-state index in [0.717, 1.165) is 0 Å². The van der Waals surface area contributed by atoms with Crippen molar-refractivity contribution in [2.24, 2.45) is 10.9 Å². The number of aryl methyl sites for hydroxylation is 1. The summed E-state index contributed by atoms with van der Waals surface area (Å²) >= 11 is 0. The van der Waals surface area contributed by atoms with Crippen molar-refractivity contribution in [3.8, 4) is 5.82 Å². The first-order valence-electron chi connectivity index (χ1n) is 5.20. The highest BCUT2D eigenvalue weighted by molar-refractivity contribution is 5.94. The molecule has 0 aliphatic rings. The van der Waals surface area contributed by atoms with E-state index in [1.54, 1.807) is 6.92 Å². The first-order chi connectivity index (χ1) is 8.69. The summed E-state index contributed by atoms with van der Waals surface area (Å²) in [5.41, 5.74) is 5.74. The summed E-state index contributed by atoms with van der Waals surface area (Å²) in [6.45, 7) is 1.79. The van der Waals surface area contributed by atoms with Crippen molar-refractivity contribution in [1.29, 1.82) is 0 Å². The quantitative estimate of drug-likeness (QED) is 0.356. The van der Waals surface area contributed by atoms with Crippen molar-refractivity contribution in [2.45, 2.75) is 13.3 Å². The van der Waals surface area contributed by atoms with Crippen molar-refractivity contribution in [3.05, 3.63) is 36.1 Å². The molecule has 0 spiro atoms. The molecule has 2 aromatic heterocycles. The van der Waals surface area contributed by atoms with Crippen molar-refractivity contribution in [1.82, 2.24) is 19.5 Å². The summed E-state index contributed by atoms with van der Waals surface area (Å²) in [6, 6.07) is 0. The van der Waals surface area contributed by atoms with Crippen molar-refractivity contribution < 1.29 is 9.60 Å². The second-order valence-electron chi connectivity index (χ2n) is 3.42. The Labute approximate surface area is 102 Å². The van der Waals surface area contributed by atoms with Gasteiger partial charge in [0.2, 0.25) is 5.84 Å². The maximum Gasteiger partial charge on any atom is 0.206 e. The molecule has 0 bridgehead atoms. The summed E-state index contributed by atoms with van der Waals surface area (Å²) in [5, 5.41) is 11.5. The normalized spacial score (nSPS) is 11.8. The van der Waals surface area contributed by atoms with Crippen LogP contribution in [0.5, 0.6) is 0 Å². The van der Waals surface area contributed by atoms with Crippen LogP contribution < -0.4 is 5.73 Å². The van der Waals surface area contributed by atoms with Crippen molar-refractivity contribution in [3.63, 3.8) is 0 Å². The standard InChI is InChI=1S/C10H11FN6O/c1-2-6-7(11)9(15-5-14-6)17-4-3-13-10(17)8(12)16-18/h3-5,18H,2H2,1H3,(H2,12,16). The lowest BCUT2D eigenvalue weighted by Crippen LogP contribution is -2.20. The minimum absolute atomic E-state index is 0.0148. The van der Waals surface area contributed by atoms with Gasteiger partial charge < -0.3 is 10.9 Å². The third-order valence-electron chi connectivity index (χ3n) is 2.38. The number of nitrogens with zero attached hydrogens (tertiary/aromatic N) is 5. The van der Waals surface area contributed by atoms with Gasteiger partial charge in [-0.3, -0.25) is 4.57 Å². The maximum absolute atomic E-state index is 14.1. The number of aromatic nitrogens is 4. The molecule has 0 amide bonds. The van der Waals surface area contributed by atoms with Crippen LogP contribution in [-0.4, -0.2) is 30.6 Å². The Morgan fingerprint density at radius 2 is 2.28 bits per heavy atom. The van der Waals surface area contributed by atoms with Gasteiger partial charge in [-0.15, -0.1) is 0 Å². The average molecular weight is 250 g/mol. The predicted octanol–water partition coefficient (Wildman–Crippen LogP) is 0.458. The zero-order chi connectivity index (χ0) is 13.1. The van der Waals surface area contributed by atoms with E-state index >= 15 is 0 Å². The number of halogens is 1. The van der Waals surface area contributed by atoms with Crippen LogP contribution >= 0.6 is 0 Å². The average Bonchev–Trinajstić information content (AvgIpc) is 2.87. The third-order valence-corrected chi connectivity index (χ3v) is 2.38. The van der Waals surface area contributed by atoms with Crippen molar-refractivity contribution >= 4 is 5.84 Å². The van der Waals surface area contributed by atoms with Gasteiger partial charge in [0, 0.05) is 12.4 Å². The van der Waals surface area contributed by atoms with Gasteiger partial charge in [0.15, 0.2) is 17.5 Å². The minimum Gasteiger partial charge on any atom is -0.409 e. The lowest BCUT2D eigenvalue weighted by atomic mass is 10.3. The van der Waals surface area contributed by atoms with Crippen LogP contribution in [0.2, 0.25) is 0 Å². The molecule has 0 atom stereocenters. The molecule has 0 saturated carbocycles. The molecule has 7 nitrogen and oxygen atoms in total. The molecule has 3 N–H and O–H groups in total. The molecular formula is C10H11FN6O. The first kappa shape index (κ1) is 12.0. The Morgan fingerprint density at radius 1 is 1.50 bits per heavy atom. The van der Waals surface area contributed by atoms with Crippen LogP contribution in [0.25, 0.3) is 5.82 Å². The minimum atomic E-state index is -0.551. The molecule has 8 heteroatoms. The zero-order valence-electron chi connectivity index (χ0n) is 9.58. The lowest BCUT2D eigenvalue weighted by molar-refractivity contribution is 0.318. The van der Waals surface area contributed by atoms with Crippen LogP contribution in [0.1, 0.15) is 18.4 Å². The molecule has 94 valence electrons. The predicted molar refractivity (Wildman–Crippen MR) is 61.0 cm³/mol. The largest absolute Gasteiger partial charge is 0.409 e. The molecule has 2 rings (SSSR count). The van der Waals surface area contributed by atoms with Crippen molar-refractivity contribution in [2.75, 3.05) is 0 Å². The number of imidazole rings is 1. The van der Waals surface area contributed by atoms with Gasteiger partial charge in [0.05, 0.1) is 5.69 Å². The molecule has 0 saturated heterocycles. The van der Waals surface area contributed by atoms with Crippen LogP contribution in [0.4, 0.5) is 4.39 Å². The Bertz CT molecular complexity index is 594. The van der Waals surface area contributed by atoms with E-state index < -0.39 is 5.82 Å².